The van der Waals surface area contributed by atoms with Crippen molar-refractivity contribution < 1.29 is 4.39 Å². The third kappa shape index (κ3) is 2.50. The summed E-state index contributed by atoms with van der Waals surface area (Å²) in [5.74, 6) is 0.424. The van der Waals surface area contributed by atoms with E-state index in [0.717, 1.165) is 10.8 Å². The maximum atomic E-state index is 12.6. The molecule has 15 heavy (non-hydrogen) atoms. The minimum Gasteiger partial charge on any atom is -0.353 e. The van der Waals surface area contributed by atoms with Crippen molar-refractivity contribution >= 4 is 17.2 Å². The zero-order chi connectivity index (χ0) is 10.7. The Morgan fingerprint density at radius 1 is 1.40 bits per heavy atom. The van der Waals surface area contributed by atoms with Gasteiger partial charge in [0.05, 0.1) is 12.7 Å². The highest BCUT2D eigenvalue weighted by Gasteiger charge is 2.04. The molecule has 0 saturated heterocycles. The van der Waals surface area contributed by atoms with Gasteiger partial charge in [-0.1, -0.05) is 0 Å². The SMILES string of the molecule is CN(Cc1nccs1)c1ccc(F)cn1. The normalized spacial score (nSPS) is 10.3. The molecule has 0 aliphatic heterocycles. The van der Waals surface area contributed by atoms with Gasteiger partial charge in [0, 0.05) is 18.6 Å². The van der Waals surface area contributed by atoms with E-state index in [9.17, 15) is 4.39 Å². The van der Waals surface area contributed by atoms with Crippen LogP contribution in [0.3, 0.4) is 0 Å². The molecular weight excluding hydrogens is 213 g/mol. The molecule has 0 spiro atoms. The number of hydrogen-bond donors (Lipinski definition) is 0. The van der Waals surface area contributed by atoms with Gasteiger partial charge in [0.1, 0.15) is 16.6 Å². The number of hydrogen-bond acceptors (Lipinski definition) is 4. The van der Waals surface area contributed by atoms with Gasteiger partial charge in [0.25, 0.3) is 0 Å². The number of halogens is 1. The molecule has 0 unspecified atom stereocenters. The van der Waals surface area contributed by atoms with Crippen LogP contribution in [0.5, 0.6) is 0 Å². The Hall–Kier alpha value is -1.49. The van der Waals surface area contributed by atoms with Crippen molar-refractivity contribution in [3.63, 3.8) is 0 Å². The van der Waals surface area contributed by atoms with Crippen LogP contribution in [-0.4, -0.2) is 17.0 Å². The summed E-state index contributed by atoms with van der Waals surface area (Å²) in [6.07, 6.45) is 2.99. The molecule has 0 amide bonds. The van der Waals surface area contributed by atoms with Crippen LogP contribution in [0.4, 0.5) is 10.2 Å². The summed E-state index contributed by atoms with van der Waals surface area (Å²) in [5.41, 5.74) is 0. The molecular formula is C10H10FN3S. The van der Waals surface area contributed by atoms with E-state index in [1.54, 1.807) is 23.6 Å². The monoisotopic (exact) mass is 223 g/mol. The molecule has 0 N–H and O–H groups in total. The fourth-order valence-electron chi connectivity index (χ4n) is 1.21. The number of thiazole rings is 1. The summed E-state index contributed by atoms with van der Waals surface area (Å²) in [6.45, 7) is 0.691. The Morgan fingerprint density at radius 2 is 2.27 bits per heavy atom. The Bertz CT molecular complexity index is 413. The van der Waals surface area contributed by atoms with E-state index in [1.807, 2.05) is 17.3 Å². The van der Waals surface area contributed by atoms with Crippen LogP contribution in [0, 0.1) is 5.82 Å². The van der Waals surface area contributed by atoms with E-state index < -0.39 is 0 Å². The second kappa shape index (κ2) is 4.35. The van der Waals surface area contributed by atoms with Crippen molar-refractivity contribution in [2.45, 2.75) is 6.54 Å². The largest absolute Gasteiger partial charge is 0.353 e. The van der Waals surface area contributed by atoms with Crippen LogP contribution >= 0.6 is 11.3 Å². The maximum absolute atomic E-state index is 12.6. The molecule has 0 radical (unpaired) electrons. The lowest BCUT2D eigenvalue weighted by atomic mass is 10.4. The topological polar surface area (TPSA) is 29.0 Å². The number of nitrogens with zero attached hydrogens (tertiary/aromatic N) is 3. The van der Waals surface area contributed by atoms with E-state index >= 15 is 0 Å². The maximum Gasteiger partial charge on any atom is 0.141 e. The van der Waals surface area contributed by atoms with E-state index in [4.69, 9.17) is 0 Å². The smallest absolute Gasteiger partial charge is 0.141 e. The molecule has 5 heteroatoms. The Kier molecular flexibility index (Phi) is 2.91. The molecule has 0 saturated carbocycles. The average molecular weight is 223 g/mol. The molecule has 0 bridgehead atoms. The summed E-state index contributed by atoms with van der Waals surface area (Å²) in [4.78, 5) is 10.1. The van der Waals surface area contributed by atoms with E-state index in [2.05, 4.69) is 9.97 Å². The molecule has 0 fully saturated rings. The number of pyridine rings is 1. The van der Waals surface area contributed by atoms with Gasteiger partial charge >= 0.3 is 0 Å². The number of rotatable bonds is 3. The highest BCUT2D eigenvalue weighted by atomic mass is 32.1. The van der Waals surface area contributed by atoms with E-state index in [-0.39, 0.29) is 5.82 Å². The Morgan fingerprint density at radius 3 is 2.87 bits per heavy atom. The molecule has 0 aromatic carbocycles. The molecule has 0 aliphatic carbocycles. The second-order valence-electron chi connectivity index (χ2n) is 3.12. The molecule has 0 aliphatic rings. The predicted molar refractivity (Wildman–Crippen MR) is 58.4 cm³/mol. The van der Waals surface area contributed by atoms with Crippen LogP contribution in [0.2, 0.25) is 0 Å². The van der Waals surface area contributed by atoms with Crippen LogP contribution in [0.1, 0.15) is 5.01 Å². The summed E-state index contributed by atoms with van der Waals surface area (Å²) in [6, 6.07) is 3.06. The highest BCUT2D eigenvalue weighted by Crippen LogP contribution is 2.13. The fourth-order valence-corrected chi connectivity index (χ4v) is 1.88. The minimum absolute atomic E-state index is 0.318. The number of aromatic nitrogens is 2. The summed E-state index contributed by atoms with van der Waals surface area (Å²) >= 11 is 1.59. The zero-order valence-electron chi connectivity index (χ0n) is 8.22. The Balaban J connectivity index is 2.08. The Labute approximate surface area is 91.2 Å². The van der Waals surface area contributed by atoms with Gasteiger partial charge in [-0.3, -0.25) is 0 Å². The second-order valence-corrected chi connectivity index (χ2v) is 4.10. The summed E-state index contributed by atoms with van der Waals surface area (Å²) in [7, 11) is 1.90. The first-order valence-corrected chi connectivity index (χ1v) is 5.35. The zero-order valence-corrected chi connectivity index (χ0v) is 9.04. The van der Waals surface area contributed by atoms with Gasteiger partial charge in [0.15, 0.2) is 0 Å². The lowest BCUT2D eigenvalue weighted by Crippen LogP contribution is -2.17. The lowest BCUT2D eigenvalue weighted by molar-refractivity contribution is 0.620. The molecule has 2 aromatic rings. The van der Waals surface area contributed by atoms with Gasteiger partial charge in [-0.2, -0.15) is 0 Å². The first kappa shape index (κ1) is 10.0. The van der Waals surface area contributed by atoms with E-state index in [0.29, 0.717) is 6.54 Å². The van der Waals surface area contributed by atoms with Crippen molar-refractivity contribution in [2.75, 3.05) is 11.9 Å². The molecule has 78 valence electrons. The van der Waals surface area contributed by atoms with Gasteiger partial charge in [-0.15, -0.1) is 11.3 Å². The van der Waals surface area contributed by atoms with Crippen molar-refractivity contribution in [3.05, 3.63) is 40.7 Å². The van der Waals surface area contributed by atoms with Crippen LogP contribution < -0.4 is 4.90 Å². The minimum atomic E-state index is -0.318. The third-order valence-electron chi connectivity index (χ3n) is 1.96. The summed E-state index contributed by atoms with van der Waals surface area (Å²) in [5, 5.41) is 2.95. The van der Waals surface area contributed by atoms with Crippen LogP contribution in [0.15, 0.2) is 29.9 Å². The molecule has 3 nitrogen and oxygen atoms in total. The third-order valence-corrected chi connectivity index (χ3v) is 2.72. The first-order chi connectivity index (χ1) is 7.25. The fraction of sp³-hybridized carbons (Fsp3) is 0.200. The number of anilines is 1. The highest BCUT2D eigenvalue weighted by molar-refractivity contribution is 7.09. The van der Waals surface area contributed by atoms with Crippen LogP contribution in [-0.2, 0) is 6.54 Å². The molecule has 0 atom stereocenters. The standard InChI is InChI=1S/C10H10FN3S/c1-14(7-10-12-4-5-15-10)9-3-2-8(11)6-13-9/h2-6H,7H2,1H3. The molecule has 2 aromatic heterocycles. The molecule has 2 rings (SSSR count). The van der Waals surface area contributed by atoms with Crippen molar-refractivity contribution in [1.29, 1.82) is 0 Å². The van der Waals surface area contributed by atoms with E-state index in [1.165, 1.54) is 12.3 Å². The summed E-state index contributed by atoms with van der Waals surface area (Å²) < 4.78 is 12.6. The quantitative estimate of drug-likeness (QED) is 0.799. The van der Waals surface area contributed by atoms with Gasteiger partial charge in [0.2, 0.25) is 0 Å². The first-order valence-electron chi connectivity index (χ1n) is 4.47. The molecule has 2 heterocycles. The van der Waals surface area contributed by atoms with Crippen molar-refractivity contribution in [2.24, 2.45) is 0 Å². The average Bonchev–Trinajstić information content (AvgIpc) is 2.71. The lowest BCUT2D eigenvalue weighted by Gasteiger charge is -2.15. The van der Waals surface area contributed by atoms with Crippen LogP contribution in [0.25, 0.3) is 0 Å². The predicted octanol–water partition coefficient (Wildman–Crippen LogP) is 2.31. The van der Waals surface area contributed by atoms with Gasteiger partial charge < -0.3 is 4.90 Å². The van der Waals surface area contributed by atoms with Crippen molar-refractivity contribution in [3.8, 4) is 0 Å². The van der Waals surface area contributed by atoms with Gasteiger partial charge in [-0.25, -0.2) is 14.4 Å². The van der Waals surface area contributed by atoms with Crippen molar-refractivity contribution in [1.82, 2.24) is 9.97 Å². The van der Waals surface area contributed by atoms with Gasteiger partial charge in [-0.05, 0) is 12.1 Å².